The minimum absolute atomic E-state index is 0.126. The number of aryl methyl sites for hydroxylation is 1. The number of esters is 1. The van der Waals surface area contributed by atoms with E-state index < -0.39 is 0 Å². The number of carbonyl (C=O) groups is 2. The smallest absolute Gasteiger partial charge is 0.307 e. The van der Waals surface area contributed by atoms with Crippen molar-refractivity contribution in [3.63, 3.8) is 0 Å². The Labute approximate surface area is 133 Å². The van der Waals surface area contributed by atoms with E-state index in [0.29, 0.717) is 16.4 Å². The first kappa shape index (κ1) is 16.0. The minimum atomic E-state index is -0.370. The summed E-state index contributed by atoms with van der Waals surface area (Å²) in [5.74, 6) is -0.669. The molecule has 2 aromatic rings. The summed E-state index contributed by atoms with van der Waals surface area (Å²) in [7, 11) is 2.99. The molecule has 0 aliphatic rings. The highest BCUT2D eigenvalue weighted by atomic mass is 35.5. The molecule has 1 aromatic heterocycles. The Hall–Kier alpha value is -2.34. The van der Waals surface area contributed by atoms with Crippen LogP contribution >= 0.6 is 11.6 Å². The van der Waals surface area contributed by atoms with Gasteiger partial charge < -0.3 is 10.1 Å². The van der Waals surface area contributed by atoms with Gasteiger partial charge in [0.1, 0.15) is 5.69 Å². The van der Waals surface area contributed by atoms with Crippen LogP contribution in [0.3, 0.4) is 0 Å². The predicted molar refractivity (Wildman–Crippen MR) is 82.6 cm³/mol. The zero-order valence-corrected chi connectivity index (χ0v) is 13.1. The maximum Gasteiger partial charge on any atom is 0.307 e. The molecule has 0 unspecified atom stereocenters. The molecule has 1 heterocycles. The average molecular weight is 322 g/mol. The maximum absolute atomic E-state index is 12.1. The van der Waals surface area contributed by atoms with E-state index in [1.54, 1.807) is 25.2 Å². The molecule has 0 saturated carbocycles. The van der Waals surface area contributed by atoms with Gasteiger partial charge >= 0.3 is 5.97 Å². The molecule has 0 aliphatic carbocycles. The molecule has 1 aromatic carbocycles. The highest BCUT2D eigenvalue weighted by Gasteiger charge is 2.14. The Morgan fingerprint density at radius 2 is 2.14 bits per heavy atom. The van der Waals surface area contributed by atoms with Crippen molar-refractivity contribution in [1.29, 1.82) is 0 Å². The highest BCUT2D eigenvalue weighted by molar-refractivity contribution is 6.30. The fraction of sp³-hybridized carbons (Fsp3) is 0.267. The normalized spacial score (nSPS) is 10.3. The van der Waals surface area contributed by atoms with Crippen molar-refractivity contribution in [1.82, 2.24) is 15.1 Å². The van der Waals surface area contributed by atoms with Crippen molar-refractivity contribution in [2.75, 3.05) is 13.7 Å². The lowest BCUT2D eigenvalue weighted by atomic mass is 10.1. The second-order valence-electron chi connectivity index (χ2n) is 4.63. The van der Waals surface area contributed by atoms with Crippen molar-refractivity contribution in [3.8, 4) is 11.3 Å². The quantitative estimate of drug-likeness (QED) is 0.855. The Kier molecular flexibility index (Phi) is 5.16. The summed E-state index contributed by atoms with van der Waals surface area (Å²) >= 11 is 5.96. The van der Waals surface area contributed by atoms with Crippen LogP contribution in [-0.2, 0) is 16.6 Å². The van der Waals surface area contributed by atoms with Crippen LogP contribution in [-0.4, -0.2) is 35.3 Å². The topological polar surface area (TPSA) is 73.2 Å². The number of nitrogens with one attached hydrogen (secondary N) is 1. The summed E-state index contributed by atoms with van der Waals surface area (Å²) < 4.78 is 6.00. The molecule has 0 radical (unpaired) electrons. The molecular weight excluding hydrogens is 306 g/mol. The van der Waals surface area contributed by atoms with Gasteiger partial charge in [0.15, 0.2) is 0 Å². The Balaban J connectivity index is 2.09. The van der Waals surface area contributed by atoms with Gasteiger partial charge in [0.05, 0.1) is 19.2 Å². The van der Waals surface area contributed by atoms with Crippen molar-refractivity contribution in [2.45, 2.75) is 6.42 Å². The number of ether oxygens (including phenoxy) is 1. The van der Waals surface area contributed by atoms with Crippen LogP contribution in [0.5, 0.6) is 0 Å². The second-order valence-corrected chi connectivity index (χ2v) is 5.07. The molecule has 1 amide bonds. The molecule has 116 valence electrons. The number of halogens is 1. The first-order valence-electron chi connectivity index (χ1n) is 6.66. The lowest BCUT2D eigenvalue weighted by Gasteiger charge is -2.03. The molecule has 6 nitrogen and oxygen atoms in total. The van der Waals surface area contributed by atoms with E-state index in [1.165, 1.54) is 11.8 Å². The number of hydrogen-bond acceptors (Lipinski definition) is 4. The van der Waals surface area contributed by atoms with Crippen LogP contribution in [0.2, 0.25) is 5.02 Å². The van der Waals surface area contributed by atoms with Gasteiger partial charge in [-0.3, -0.25) is 14.3 Å². The molecule has 2 rings (SSSR count). The SMILES string of the molecule is COC(=O)CCNC(=O)c1cc(-c2cccc(Cl)c2)nn1C. The number of benzene rings is 1. The van der Waals surface area contributed by atoms with E-state index in [9.17, 15) is 9.59 Å². The molecule has 1 N–H and O–H groups in total. The van der Waals surface area contributed by atoms with Gasteiger partial charge in [0.25, 0.3) is 5.91 Å². The van der Waals surface area contributed by atoms with E-state index in [0.717, 1.165) is 5.56 Å². The van der Waals surface area contributed by atoms with E-state index in [2.05, 4.69) is 15.2 Å². The molecule has 0 bridgehead atoms. The minimum Gasteiger partial charge on any atom is -0.469 e. The van der Waals surface area contributed by atoms with Crippen LogP contribution in [0.15, 0.2) is 30.3 Å². The van der Waals surface area contributed by atoms with Crippen LogP contribution in [0.25, 0.3) is 11.3 Å². The van der Waals surface area contributed by atoms with Gasteiger partial charge in [0.2, 0.25) is 0 Å². The molecule has 0 saturated heterocycles. The van der Waals surface area contributed by atoms with Crippen molar-refractivity contribution < 1.29 is 14.3 Å². The fourth-order valence-electron chi connectivity index (χ4n) is 1.94. The molecule has 0 fully saturated rings. The van der Waals surface area contributed by atoms with Crippen LogP contribution < -0.4 is 5.32 Å². The first-order chi connectivity index (χ1) is 10.5. The van der Waals surface area contributed by atoms with Crippen molar-refractivity contribution >= 4 is 23.5 Å². The predicted octanol–water partition coefficient (Wildman–Crippen LogP) is 2.03. The van der Waals surface area contributed by atoms with Crippen LogP contribution in [0, 0.1) is 0 Å². The molecule has 0 atom stereocenters. The monoisotopic (exact) mass is 321 g/mol. The van der Waals surface area contributed by atoms with Crippen LogP contribution in [0.4, 0.5) is 0 Å². The van der Waals surface area contributed by atoms with Gasteiger partial charge in [-0.15, -0.1) is 0 Å². The second kappa shape index (κ2) is 7.09. The number of amides is 1. The first-order valence-corrected chi connectivity index (χ1v) is 7.04. The molecule has 0 spiro atoms. The van der Waals surface area contributed by atoms with Crippen molar-refractivity contribution in [3.05, 3.63) is 41.0 Å². The molecule has 7 heteroatoms. The summed E-state index contributed by atoms with van der Waals surface area (Å²) in [6, 6.07) is 8.92. The van der Waals surface area contributed by atoms with Crippen molar-refractivity contribution in [2.24, 2.45) is 7.05 Å². The van der Waals surface area contributed by atoms with E-state index in [1.807, 2.05) is 12.1 Å². The number of nitrogens with zero attached hydrogens (tertiary/aromatic N) is 2. The number of rotatable bonds is 5. The molecular formula is C15H16ClN3O3. The summed E-state index contributed by atoms with van der Waals surface area (Å²) in [4.78, 5) is 23.1. The summed E-state index contributed by atoms with van der Waals surface area (Å²) in [6.45, 7) is 0.211. The third-order valence-electron chi connectivity index (χ3n) is 3.08. The van der Waals surface area contributed by atoms with E-state index in [4.69, 9.17) is 11.6 Å². The van der Waals surface area contributed by atoms with E-state index >= 15 is 0 Å². The maximum atomic E-state index is 12.1. The van der Waals surface area contributed by atoms with Gasteiger partial charge in [-0.25, -0.2) is 0 Å². The standard InChI is InChI=1S/C15H16ClN3O3/c1-19-13(15(21)17-7-6-14(20)22-2)9-12(18-19)10-4-3-5-11(16)8-10/h3-5,8-9H,6-7H2,1-2H3,(H,17,21). The Morgan fingerprint density at radius 1 is 1.36 bits per heavy atom. The average Bonchev–Trinajstić information content (AvgIpc) is 2.89. The number of carbonyl (C=O) groups excluding carboxylic acids is 2. The zero-order valence-electron chi connectivity index (χ0n) is 12.3. The zero-order chi connectivity index (χ0) is 16.1. The Bertz CT molecular complexity index is 697. The number of hydrogen-bond donors (Lipinski definition) is 1. The molecule has 0 aliphatic heterocycles. The Morgan fingerprint density at radius 3 is 2.82 bits per heavy atom. The highest BCUT2D eigenvalue weighted by Crippen LogP contribution is 2.22. The third-order valence-corrected chi connectivity index (χ3v) is 3.31. The third kappa shape index (κ3) is 3.85. The van der Waals surface area contributed by atoms with Gasteiger partial charge in [0, 0.05) is 24.2 Å². The molecule has 22 heavy (non-hydrogen) atoms. The number of methoxy groups -OCH3 is 1. The van der Waals surface area contributed by atoms with Gasteiger partial charge in [-0.1, -0.05) is 23.7 Å². The summed E-state index contributed by atoms with van der Waals surface area (Å²) in [6.07, 6.45) is 0.126. The van der Waals surface area contributed by atoms with Gasteiger partial charge in [-0.2, -0.15) is 5.10 Å². The summed E-state index contributed by atoms with van der Waals surface area (Å²) in [5, 5.41) is 7.57. The van der Waals surface area contributed by atoms with Gasteiger partial charge in [-0.05, 0) is 18.2 Å². The number of aromatic nitrogens is 2. The van der Waals surface area contributed by atoms with Crippen LogP contribution in [0.1, 0.15) is 16.9 Å². The lowest BCUT2D eigenvalue weighted by Crippen LogP contribution is -2.28. The fourth-order valence-corrected chi connectivity index (χ4v) is 2.13. The lowest BCUT2D eigenvalue weighted by molar-refractivity contribution is -0.140. The van der Waals surface area contributed by atoms with E-state index in [-0.39, 0.29) is 24.8 Å². The largest absolute Gasteiger partial charge is 0.469 e. The summed E-state index contributed by atoms with van der Waals surface area (Å²) in [5.41, 5.74) is 1.89.